The SMILES string of the molecule is COC(=O)N(C)c1ccc(Nc2cc(C(F)(F)F)nc3ncnn23)cc1. The van der Waals surface area contributed by atoms with Crippen molar-refractivity contribution >= 4 is 29.1 Å². The Labute approximate surface area is 145 Å². The van der Waals surface area contributed by atoms with Gasteiger partial charge in [-0.3, -0.25) is 4.90 Å². The number of rotatable bonds is 3. The van der Waals surface area contributed by atoms with Crippen molar-refractivity contribution in [2.45, 2.75) is 6.18 Å². The number of alkyl halides is 3. The van der Waals surface area contributed by atoms with Crippen LogP contribution in [-0.4, -0.2) is 39.8 Å². The molecule has 2 aromatic heterocycles. The molecule has 1 aromatic carbocycles. The van der Waals surface area contributed by atoms with Crippen LogP contribution >= 0.6 is 0 Å². The molecule has 3 aromatic rings. The predicted molar refractivity (Wildman–Crippen MR) is 86.3 cm³/mol. The number of halogens is 3. The second-order valence-electron chi connectivity index (χ2n) is 5.20. The molecule has 3 rings (SSSR count). The first-order chi connectivity index (χ1) is 12.3. The van der Waals surface area contributed by atoms with Gasteiger partial charge in [0.2, 0.25) is 0 Å². The van der Waals surface area contributed by atoms with Crippen LogP contribution in [0.5, 0.6) is 0 Å². The number of anilines is 3. The second kappa shape index (κ2) is 6.50. The van der Waals surface area contributed by atoms with Gasteiger partial charge < -0.3 is 10.1 Å². The van der Waals surface area contributed by atoms with Gasteiger partial charge in [-0.2, -0.15) is 27.8 Å². The number of aromatic nitrogens is 4. The van der Waals surface area contributed by atoms with Crippen LogP contribution < -0.4 is 10.2 Å². The van der Waals surface area contributed by atoms with Gasteiger partial charge in [-0.25, -0.2) is 9.78 Å². The van der Waals surface area contributed by atoms with Crippen molar-refractivity contribution in [3.63, 3.8) is 0 Å². The standard InChI is InChI=1S/C15H13F3N6O2/c1-23(14(25)26-2)10-5-3-9(4-6-10)21-12-7-11(15(16,17)18)22-13-19-8-20-24(12)13/h3-8,21H,1-2H3. The van der Waals surface area contributed by atoms with Crippen LogP contribution in [0.2, 0.25) is 0 Å². The molecule has 0 spiro atoms. The van der Waals surface area contributed by atoms with Gasteiger partial charge in [0.05, 0.1) is 7.11 Å². The van der Waals surface area contributed by atoms with E-state index in [0.29, 0.717) is 11.4 Å². The van der Waals surface area contributed by atoms with Crippen molar-refractivity contribution in [2.24, 2.45) is 0 Å². The lowest BCUT2D eigenvalue weighted by Gasteiger charge is -2.16. The summed E-state index contributed by atoms with van der Waals surface area (Å²) in [5.74, 6) is -0.127. The Balaban J connectivity index is 1.91. The average Bonchev–Trinajstić information content (AvgIpc) is 3.09. The van der Waals surface area contributed by atoms with Crippen LogP contribution in [0.15, 0.2) is 36.7 Å². The van der Waals surface area contributed by atoms with Crippen molar-refractivity contribution in [2.75, 3.05) is 24.4 Å². The average molecular weight is 366 g/mol. The largest absolute Gasteiger partial charge is 0.452 e. The van der Waals surface area contributed by atoms with E-state index in [1.54, 1.807) is 24.3 Å². The highest BCUT2D eigenvalue weighted by Crippen LogP contribution is 2.30. The summed E-state index contributed by atoms with van der Waals surface area (Å²) in [7, 11) is 2.80. The molecule has 2 heterocycles. The molecular weight excluding hydrogens is 353 g/mol. The first-order valence-electron chi connectivity index (χ1n) is 7.26. The van der Waals surface area contributed by atoms with Crippen LogP contribution in [0.25, 0.3) is 5.78 Å². The third-order valence-electron chi connectivity index (χ3n) is 3.52. The van der Waals surface area contributed by atoms with Crippen LogP contribution in [0.3, 0.4) is 0 Å². The molecule has 0 saturated carbocycles. The number of methoxy groups -OCH3 is 1. The maximum Gasteiger partial charge on any atom is 0.433 e. The fourth-order valence-corrected chi connectivity index (χ4v) is 2.21. The lowest BCUT2D eigenvalue weighted by molar-refractivity contribution is -0.141. The summed E-state index contributed by atoms with van der Waals surface area (Å²) < 4.78 is 44.8. The Morgan fingerprint density at radius 1 is 1.27 bits per heavy atom. The van der Waals surface area contributed by atoms with Crippen LogP contribution in [0, 0.1) is 0 Å². The minimum Gasteiger partial charge on any atom is -0.452 e. The number of carbonyl (C=O) groups is 1. The quantitative estimate of drug-likeness (QED) is 0.767. The molecule has 1 N–H and O–H groups in total. The number of ether oxygens (including phenoxy) is 1. The van der Waals surface area contributed by atoms with Gasteiger partial charge in [-0.1, -0.05) is 0 Å². The molecule has 26 heavy (non-hydrogen) atoms. The maximum absolute atomic E-state index is 13.0. The van der Waals surface area contributed by atoms with E-state index < -0.39 is 18.0 Å². The predicted octanol–water partition coefficient (Wildman–Crippen LogP) is 3.09. The zero-order valence-corrected chi connectivity index (χ0v) is 13.7. The van der Waals surface area contributed by atoms with E-state index in [9.17, 15) is 18.0 Å². The molecule has 0 saturated heterocycles. The maximum atomic E-state index is 13.0. The van der Waals surface area contributed by atoms with E-state index in [4.69, 9.17) is 0 Å². The first-order valence-corrected chi connectivity index (χ1v) is 7.26. The Bertz CT molecular complexity index is 939. The number of nitrogens with one attached hydrogen (secondary N) is 1. The van der Waals surface area contributed by atoms with Gasteiger partial charge in [-0.15, -0.1) is 0 Å². The fraction of sp³-hybridized carbons (Fsp3) is 0.200. The van der Waals surface area contributed by atoms with Crippen LogP contribution in [0.4, 0.5) is 35.2 Å². The summed E-state index contributed by atoms with van der Waals surface area (Å²) in [5, 5.41) is 6.70. The molecule has 8 nitrogen and oxygen atoms in total. The van der Waals surface area contributed by atoms with Crippen molar-refractivity contribution in [3.8, 4) is 0 Å². The lowest BCUT2D eigenvalue weighted by Crippen LogP contribution is -2.25. The van der Waals surface area contributed by atoms with Crippen molar-refractivity contribution < 1.29 is 22.7 Å². The zero-order valence-electron chi connectivity index (χ0n) is 13.7. The summed E-state index contributed by atoms with van der Waals surface area (Å²) in [4.78, 5) is 19.9. The lowest BCUT2D eigenvalue weighted by atomic mass is 10.2. The molecule has 0 aliphatic carbocycles. The number of benzene rings is 1. The topological polar surface area (TPSA) is 84.6 Å². The smallest absolute Gasteiger partial charge is 0.433 e. The second-order valence-corrected chi connectivity index (χ2v) is 5.20. The fourth-order valence-electron chi connectivity index (χ4n) is 2.21. The number of carbonyl (C=O) groups excluding carboxylic acids is 1. The summed E-state index contributed by atoms with van der Waals surface area (Å²) >= 11 is 0. The highest BCUT2D eigenvalue weighted by molar-refractivity contribution is 5.87. The first kappa shape index (κ1) is 17.5. The van der Waals surface area contributed by atoms with E-state index in [0.717, 1.165) is 16.9 Å². The Morgan fingerprint density at radius 2 is 1.96 bits per heavy atom. The Kier molecular flexibility index (Phi) is 4.36. The molecule has 136 valence electrons. The Hall–Kier alpha value is -3.37. The van der Waals surface area contributed by atoms with Gasteiger partial charge in [0.25, 0.3) is 5.78 Å². The van der Waals surface area contributed by atoms with Crippen molar-refractivity contribution in [3.05, 3.63) is 42.4 Å². The van der Waals surface area contributed by atoms with Gasteiger partial charge >= 0.3 is 12.3 Å². The van der Waals surface area contributed by atoms with Crippen LogP contribution in [0.1, 0.15) is 5.69 Å². The number of fused-ring (bicyclic) bond motifs is 1. The Morgan fingerprint density at radius 3 is 2.58 bits per heavy atom. The summed E-state index contributed by atoms with van der Waals surface area (Å²) in [6, 6.07) is 7.28. The zero-order chi connectivity index (χ0) is 18.9. The van der Waals surface area contributed by atoms with Gasteiger partial charge in [0.1, 0.15) is 12.1 Å². The summed E-state index contributed by atoms with van der Waals surface area (Å²) in [6.45, 7) is 0. The van der Waals surface area contributed by atoms with E-state index in [-0.39, 0.29) is 11.6 Å². The van der Waals surface area contributed by atoms with Crippen molar-refractivity contribution in [1.29, 1.82) is 0 Å². The molecule has 1 amide bonds. The summed E-state index contributed by atoms with van der Waals surface area (Å²) in [6.07, 6.45) is -4.04. The molecular formula is C15H13F3N6O2. The highest BCUT2D eigenvalue weighted by atomic mass is 19.4. The van der Waals surface area contributed by atoms with E-state index in [1.807, 2.05) is 0 Å². The third-order valence-corrected chi connectivity index (χ3v) is 3.52. The molecule has 0 unspecified atom stereocenters. The van der Waals surface area contributed by atoms with Gasteiger partial charge in [-0.05, 0) is 24.3 Å². The van der Waals surface area contributed by atoms with Crippen molar-refractivity contribution in [1.82, 2.24) is 19.6 Å². The molecule has 0 fully saturated rings. The van der Waals surface area contributed by atoms with Crippen LogP contribution in [-0.2, 0) is 10.9 Å². The molecule has 0 bridgehead atoms. The molecule has 0 aliphatic heterocycles. The summed E-state index contributed by atoms with van der Waals surface area (Å²) in [5.41, 5.74) is -0.0373. The number of hydrogen-bond donors (Lipinski definition) is 1. The van der Waals surface area contributed by atoms with Gasteiger partial charge in [0, 0.05) is 24.5 Å². The molecule has 11 heteroatoms. The van der Waals surface area contributed by atoms with E-state index in [1.165, 1.54) is 19.1 Å². The monoisotopic (exact) mass is 366 g/mol. The highest BCUT2D eigenvalue weighted by Gasteiger charge is 2.34. The minimum absolute atomic E-state index is 0.0499. The van der Waals surface area contributed by atoms with E-state index in [2.05, 4.69) is 25.1 Å². The number of nitrogens with zero attached hydrogens (tertiary/aromatic N) is 5. The minimum atomic E-state index is -4.61. The molecule has 0 atom stereocenters. The molecule has 0 radical (unpaired) electrons. The van der Waals surface area contributed by atoms with Gasteiger partial charge in [0.15, 0.2) is 5.69 Å². The third kappa shape index (κ3) is 3.36. The number of hydrogen-bond acceptors (Lipinski definition) is 6. The number of amides is 1. The van der Waals surface area contributed by atoms with E-state index >= 15 is 0 Å². The molecule has 0 aliphatic rings. The normalized spacial score (nSPS) is 11.4.